The van der Waals surface area contributed by atoms with E-state index >= 15 is 0 Å². The van der Waals surface area contributed by atoms with Crippen LogP contribution in [0, 0.1) is 5.92 Å². The Hall–Kier alpha value is -2.45. The zero-order valence-corrected chi connectivity index (χ0v) is 19.0. The maximum Gasteiger partial charge on any atom is 0.341 e. The number of aryl methyl sites for hydroxylation is 1. The van der Waals surface area contributed by atoms with Gasteiger partial charge in [0.15, 0.2) is 5.11 Å². The molecule has 0 spiro atoms. The summed E-state index contributed by atoms with van der Waals surface area (Å²) in [6, 6.07) is 7.05. The van der Waals surface area contributed by atoms with Gasteiger partial charge in [0.25, 0.3) is 5.91 Å². The topological polar surface area (TPSA) is 76.7 Å². The standard InChI is InChI=1S/C22H26N2O4S2/c1-4-27-21(26)18-15-9-7-11-17(15)30-20(18)24-22(29)23-19(25)14-8-5-6-10-16(14)28-12-13(2)3/h5-6,8,10,13H,4,7,9,11-12H2,1-3H3,(H2,23,24,25,29). The van der Waals surface area contributed by atoms with Crippen molar-refractivity contribution >= 4 is 45.5 Å². The molecule has 1 aliphatic rings. The average Bonchev–Trinajstić information content (AvgIpc) is 3.27. The van der Waals surface area contributed by atoms with Gasteiger partial charge in [-0.15, -0.1) is 11.3 Å². The quantitative estimate of drug-likeness (QED) is 0.479. The molecule has 1 aliphatic carbocycles. The molecule has 8 heteroatoms. The maximum absolute atomic E-state index is 12.8. The third-order valence-electron chi connectivity index (χ3n) is 4.56. The number of carbonyl (C=O) groups is 2. The van der Waals surface area contributed by atoms with Gasteiger partial charge in [0.2, 0.25) is 0 Å². The van der Waals surface area contributed by atoms with Crippen molar-refractivity contribution in [2.24, 2.45) is 5.92 Å². The van der Waals surface area contributed by atoms with E-state index in [-0.39, 0.29) is 17.0 Å². The van der Waals surface area contributed by atoms with Crippen LogP contribution in [0.15, 0.2) is 24.3 Å². The summed E-state index contributed by atoms with van der Waals surface area (Å²) in [5.41, 5.74) is 1.97. The molecular weight excluding hydrogens is 420 g/mol. The summed E-state index contributed by atoms with van der Waals surface area (Å²) in [4.78, 5) is 26.4. The van der Waals surface area contributed by atoms with Gasteiger partial charge < -0.3 is 14.8 Å². The minimum absolute atomic E-state index is 0.129. The van der Waals surface area contributed by atoms with Crippen molar-refractivity contribution in [1.82, 2.24) is 5.32 Å². The van der Waals surface area contributed by atoms with Gasteiger partial charge in [-0.1, -0.05) is 26.0 Å². The lowest BCUT2D eigenvalue weighted by atomic mass is 10.1. The van der Waals surface area contributed by atoms with Crippen LogP contribution in [0.3, 0.4) is 0 Å². The zero-order valence-electron chi connectivity index (χ0n) is 17.4. The van der Waals surface area contributed by atoms with Crippen LogP contribution < -0.4 is 15.4 Å². The fraction of sp³-hybridized carbons (Fsp3) is 0.409. The number of hydrogen-bond acceptors (Lipinski definition) is 6. The minimum atomic E-state index is -0.367. The number of benzene rings is 1. The van der Waals surface area contributed by atoms with Crippen LogP contribution in [0.1, 0.15) is 58.3 Å². The number of amides is 1. The highest BCUT2D eigenvalue weighted by molar-refractivity contribution is 7.80. The minimum Gasteiger partial charge on any atom is -0.492 e. The van der Waals surface area contributed by atoms with Crippen molar-refractivity contribution in [2.75, 3.05) is 18.5 Å². The lowest BCUT2D eigenvalue weighted by molar-refractivity contribution is 0.0527. The number of thiocarbonyl (C=S) groups is 1. The number of fused-ring (bicyclic) bond motifs is 1. The summed E-state index contributed by atoms with van der Waals surface area (Å²) in [7, 11) is 0. The molecule has 0 saturated carbocycles. The molecule has 160 valence electrons. The van der Waals surface area contributed by atoms with Gasteiger partial charge in [0.05, 0.1) is 24.3 Å². The highest BCUT2D eigenvalue weighted by Crippen LogP contribution is 2.39. The molecule has 0 atom stereocenters. The molecule has 1 aromatic heterocycles. The molecule has 1 aromatic carbocycles. The first kappa shape index (κ1) is 22.2. The van der Waals surface area contributed by atoms with Gasteiger partial charge in [-0.2, -0.15) is 0 Å². The second-order valence-corrected chi connectivity index (χ2v) is 8.90. The Bertz CT molecular complexity index is 953. The van der Waals surface area contributed by atoms with Crippen molar-refractivity contribution in [3.8, 4) is 5.75 Å². The van der Waals surface area contributed by atoms with E-state index < -0.39 is 0 Å². The molecule has 0 fully saturated rings. The molecule has 0 bridgehead atoms. The second-order valence-electron chi connectivity index (χ2n) is 7.39. The zero-order chi connectivity index (χ0) is 21.7. The lowest BCUT2D eigenvalue weighted by Gasteiger charge is -2.14. The predicted octanol–water partition coefficient (Wildman–Crippen LogP) is 4.58. The van der Waals surface area contributed by atoms with E-state index in [0.717, 1.165) is 24.8 Å². The molecule has 0 aliphatic heterocycles. The summed E-state index contributed by atoms with van der Waals surface area (Å²) in [6.45, 7) is 6.68. The van der Waals surface area contributed by atoms with Gasteiger partial charge in [-0.25, -0.2) is 4.79 Å². The molecule has 6 nitrogen and oxygen atoms in total. The largest absolute Gasteiger partial charge is 0.492 e. The third kappa shape index (κ3) is 5.17. The number of nitrogens with one attached hydrogen (secondary N) is 2. The molecule has 0 saturated heterocycles. The number of para-hydroxylation sites is 1. The second kappa shape index (κ2) is 10.0. The number of thiophene rings is 1. The number of esters is 1. The predicted molar refractivity (Wildman–Crippen MR) is 123 cm³/mol. The molecule has 0 radical (unpaired) electrons. The fourth-order valence-electron chi connectivity index (χ4n) is 3.25. The Morgan fingerprint density at radius 3 is 2.73 bits per heavy atom. The average molecular weight is 447 g/mol. The summed E-state index contributed by atoms with van der Waals surface area (Å²) < 4.78 is 11.0. The monoisotopic (exact) mass is 446 g/mol. The molecular formula is C22H26N2O4S2. The highest BCUT2D eigenvalue weighted by Gasteiger charge is 2.28. The van der Waals surface area contributed by atoms with E-state index in [1.807, 2.05) is 19.9 Å². The van der Waals surface area contributed by atoms with Crippen LogP contribution >= 0.6 is 23.6 Å². The van der Waals surface area contributed by atoms with Crippen molar-refractivity contribution in [3.05, 3.63) is 45.8 Å². The normalized spacial score (nSPS) is 12.4. The van der Waals surface area contributed by atoms with E-state index in [1.165, 1.54) is 16.2 Å². The molecule has 2 aromatic rings. The number of ether oxygens (including phenoxy) is 2. The van der Waals surface area contributed by atoms with Gasteiger partial charge >= 0.3 is 5.97 Å². The summed E-state index contributed by atoms with van der Waals surface area (Å²) in [5, 5.41) is 6.46. The van der Waals surface area contributed by atoms with E-state index in [2.05, 4.69) is 10.6 Å². The number of carbonyl (C=O) groups excluding carboxylic acids is 2. The summed E-state index contributed by atoms with van der Waals surface area (Å²) in [5.74, 6) is 0.120. The van der Waals surface area contributed by atoms with E-state index in [9.17, 15) is 9.59 Å². The number of anilines is 1. The Labute approximate surface area is 186 Å². The molecule has 0 unspecified atom stereocenters. The molecule has 3 rings (SSSR count). The van der Waals surface area contributed by atoms with E-state index in [4.69, 9.17) is 21.7 Å². The van der Waals surface area contributed by atoms with Gasteiger partial charge in [0.1, 0.15) is 10.8 Å². The van der Waals surface area contributed by atoms with Crippen LogP contribution in [0.5, 0.6) is 5.75 Å². The Kier molecular flexibility index (Phi) is 7.44. The van der Waals surface area contributed by atoms with Crippen LogP contribution in [0.4, 0.5) is 5.00 Å². The third-order valence-corrected chi connectivity index (χ3v) is 5.97. The first-order valence-corrected chi connectivity index (χ1v) is 11.3. The fourth-order valence-corrected chi connectivity index (χ4v) is 4.79. The molecule has 2 N–H and O–H groups in total. The van der Waals surface area contributed by atoms with Crippen molar-refractivity contribution in [1.29, 1.82) is 0 Å². The molecule has 1 heterocycles. The van der Waals surface area contributed by atoms with E-state index in [0.29, 0.717) is 41.0 Å². The van der Waals surface area contributed by atoms with Gasteiger partial charge in [-0.05, 0) is 62.0 Å². The summed E-state index contributed by atoms with van der Waals surface area (Å²) in [6.07, 6.45) is 2.82. The van der Waals surface area contributed by atoms with Crippen molar-refractivity contribution < 1.29 is 19.1 Å². The SMILES string of the molecule is CCOC(=O)c1c(NC(=S)NC(=O)c2ccccc2OCC(C)C)sc2c1CCC2. The Balaban J connectivity index is 1.73. The number of hydrogen-bond donors (Lipinski definition) is 2. The van der Waals surface area contributed by atoms with Crippen molar-refractivity contribution in [3.63, 3.8) is 0 Å². The maximum atomic E-state index is 12.8. The Morgan fingerprint density at radius 1 is 1.23 bits per heavy atom. The first-order valence-electron chi connectivity index (χ1n) is 10.1. The Morgan fingerprint density at radius 2 is 2.00 bits per heavy atom. The smallest absolute Gasteiger partial charge is 0.341 e. The van der Waals surface area contributed by atoms with Gasteiger partial charge in [0, 0.05) is 4.88 Å². The lowest BCUT2D eigenvalue weighted by Crippen LogP contribution is -2.34. The summed E-state index contributed by atoms with van der Waals surface area (Å²) >= 11 is 6.84. The van der Waals surface area contributed by atoms with Crippen LogP contribution in [0.25, 0.3) is 0 Å². The molecule has 30 heavy (non-hydrogen) atoms. The number of rotatable bonds is 7. The first-order chi connectivity index (χ1) is 14.4. The molecule has 1 amide bonds. The van der Waals surface area contributed by atoms with Crippen LogP contribution in [-0.2, 0) is 17.6 Å². The van der Waals surface area contributed by atoms with E-state index in [1.54, 1.807) is 25.1 Å². The highest BCUT2D eigenvalue weighted by atomic mass is 32.1. The van der Waals surface area contributed by atoms with Crippen LogP contribution in [-0.4, -0.2) is 30.2 Å². The van der Waals surface area contributed by atoms with Crippen molar-refractivity contribution in [2.45, 2.75) is 40.0 Å². The van der Waals surface area contributed by atoms with Gasteiger partial charge in [-0.3, -0.25) is 10.1 Å². The van der Waals surface area contributed by atoms with Crippen LogP contribution in [0.2, 0.25) is 0 Å².